The number of sulfonamides is 1. The van der Waals surface area contributed by atoms with Gasteiger partial charge in [-0.1, -0.05) is 0 Å². The molecule has 0 aromatic heterocycles. The summed E-state index contributed by atoms with van der Waals surface area (Å²) in [6, 6.07) is 3.27. The number of benzene rings is 1. The molecule has 1 aromatic rings. The minimum Gasteiger partial charge on any atom is -0.488 e. The second-order valence-electron chi connectivity index (χ2n) is 4.12. The average molecular weight is 256 g/mol. The fourth-order valence-electron chi connectivity index (χ4n) is 1.99. The van der Waals surface area contributed by atoms with E-state index in [1.807, 2.05) is 6.92 Å². The Bertz CT molecular complexity index is 540. The first kappa shape index (κ1) is 12.3. The summed E-state index contributed by atoms with van der Waals surface area (Å²) in [7, 11) is -2.00. The Labute approximate surface area is 101 Å². The van der Waals surface area contributed by atoms with Crippen molar-refractivity contribution in [3.63, 3.8) is 0 Å². The van der Waals surface area contributed by atoms with Gasteiger partial charge < -0.3 is 10.5 Å². The summed E-state index contributed by atoms with van der Waals surface area (Å²) in [6.07, 6.45) is 0.621. The third-order valence-electron chi connectivity index (χ3n) is 2.90. The van der Waals surface area contributed by atoms with Gasteiger partial charge in [-0.25, -0.2) is 13.1 Å². The highest BCUT2D eigenvalue weighted by Crippen LogP contribution is 2.34. The minimum atomic E-state index is -3.40. The first-order valence-corrected chi connectivity index (χ1v) is 6.90. The molecule has 1 atom stereocenters. The molecule has 1 aliphatic heterocycles. The van der Waals surface area contributed by atoms with Crippen LogP contribution in [0.15, 0.2) is 17.0 Å². The Hall–Kier alpha value is -1.11. The first-order valence-electron chi connectivity index (χ1n) is 5.41. The van der Waals surface area contributed by atoms with E-state index in [0.29, 0.717) is 13.0 Å². The Balaban J connectivity index is 2.48. The maximum atomic E-state index is 11.7. The predicted molar refractivity (Wildman–Crippen MR) is 64.6 cm³/mol. The number of hydrogen-bond donors (Lipinski definition) is 2. The maximum Gasteiger partial charge on any atom is 0.240 e. The molecule has 0 saturated heterocycles. The van der Waals surface area contributed by atoms with Gasteiger partial charge in [-0.2, -0.15) is 0 Å². The fourth-order valence-corrected chi connectivity index (χ4v) is 2.85. The summed E-state index contributed by atoms with van der Waals surface area (Å²) >= 11 is 0. The molecule has 0 fully saturated rings. The predicted octanol–water partition coefficient (Wildman–Crippen LogP) is 0.165. The normalized spacial score (nSPS) is 18.9. The van der Waals surface area contributed by atoms with Crippen molar-refractivity contribution in [2.24, 2.45) is 5.73 Å². The molecule has 0 saturated carbocycles. The molecule has 1 unspecified atom stereocenters. The van der Waals surface area contributed by atoms with Crippen LogP contribution in [-0.4, -0.2) is 28.1 Å². The van der Waals surface area contributed by atoms with Gasteiger partial charge in [0.15, 0.2) is 0 Å². The SMILES string of the molecule is CNS(=O)(=O)c1cc(C)c2c(c1)CC(CN)O2. The van der Waals surface area contributed by atoms with Gasteiger partial charge in [0.1, 0.15) is 11.9 Å². The van der Waals surface area contributed by atoms with Crippen LogP contribution in [0.5, 0.6) is 5.75 Å². The lowest BCUT2D eigenvalue weighted by atomic mass is 10.1. The molecule has 94 valence electrons. The Morgan fingerprint density at radius 1 is 1.53 bits per heavy atom. The summed E-state index contributed by atoms with van der Waals surface area (Å²) < 4.78 is 31.4. The van der Waals surface area contributed by atoms with E-state index in [1.54, 1.807) is 12.1 Å². The van der Waals surface area contributed by atoms with Gasteiger partial charge in [0.2, 0.25) is 10.0 Å². The Morgan fingerprint density at radius 3 is 2.82 bits per heavy atom. The number of rotatable bonds is 3. The van der Waals surface area contributed by atoms with Crippen molar-refractivity contribution in [2.45, 2.75) is 24.3 Å². The number of nitrogens with one attached hydrogen (secondary N) is 1. The van der Waals surface area contributed by atoms with Gasteiger partial charge in [0, 0.05) is 13.0 Å². The Morgan fingerprint density at radius 2 is 2.24 bits per heavy atom. The zero-order valence-electron chi connectivity index (χ0n) is 9.86. The van der Waals surface area contributed by atoms with Crippen molar-refractivity contribution in [3.8, 4) is 5.75 Å². The largest absolute Gasteiger partial charge is 0.488 e. The van der Waals surface area contributed by atoms with Crippen molar-refractivity contribution in [3.05, 3.63) is 23.3 Å². The summed E-state index contributed by atoms with van der Waals surface area (Å²) in [5.74, 6) is 0.774. The zero-order chi connectivity index (χ0) is 12.6. The number of fused-ring (bicyclic) bond motifs is 1. The van der Waals surface area contributed by atoms with E-state index in [9.17, 15) is 8.42 Å². The van der Waals surface area contributed by atoms with E-state index in [2.05, 4.69) is 4.72 Å². The molecule has 0 amide bonds. The van der Waals surface area contributed by atoms with Crippen molar-refractivity contribution in [1.82, 2.24) is 4.72 Å². The van der Waals surface area contributed by atoms with Gasteiger partial charge in [0.25, 0.3) is 0 Å². The summed E-state index contributed by atoms with van der Waals surface area (Å²) in [5, 5.41) is 0. The highest BCUT2D eigenvalue weighted by atomic mass is 32.2. The molecule has 0 radical (unpaired) electrons. The fraction of sp³-hybridized carbons (Fsp3) is 0.455. The van der Waals surface area contributed by atoms with Gasteiger partial charge in [0.05, 0.1) is 4.90 Å². The molecular formula is C11H16N2O3S. The highest BCUT2D eigenvalue weighted by molar-refractivity contribution is 7.89. The highest BCUT2D eigenvalue weighted by Gasteiger charge is 2.26. The van der Waals surface area contributed by atoms with Crippen LogP contribution in [0.25, 0.3) is 0 Å². The molecule has 1 aliphatic rings. The molecule has 0 aliphatic carbocycles. The number of aryl methyl sites for hydroxylation is 1. The van der Waals surface area contributed by atoms with Crippen LogP contribution in [-0.2, 0) is 16.4 Å². The topological polar surface area (TPSA) is 81.4 Å². The van der Waals surface area contributed by atoms with E-state index in [1.165, 1.54) is 7.05 Å². The van der Waals surface area contributed by atoms with Crippen molar-refractivity contribution in [1.29, 1.82) is 0 Å². The molecule has 1 aromatic carbocycles. The van der Waals surface area contributed by atoms with Crippen LogP contribution in [0.4, 0.5) is 0 Å². The number of nitrogens with two attached hydrogens (primary N) is 1. The van der Waals surface area contributed by atoms with Crippen LogP contribution < -0.4 is 15.2 Å². The van der Waals surface area contributed by atoms with E-state index in [-0.39, 0.29) is 11.0 Å². The average Bonchev–Trinajstić information content (AvgIpc) is 2.72. The third-order valence-corrected chi connectivity index (χ3v) is 4.29. The quantitative estimate of drug-likeness (QED) is 0.807. The van der Waals surface area contributed by atoms with Gasteiger partial charge in [-0.15, -0.1) is 0 Å². The lowest BCUT2D eigenvalue weighted by molar-refractivity contribution is 0.240. The molecule has 5 nitrogen and oxygen atoms in total. The number of ether oxygens (including phenoxy) is 1. The maximum absolute atomic E-state index is 11.7. The second-order valence-corrected chi connectivity index (χ2v) is 6.00. The van der Waals surface area contributed by atoms with Crippen LogP contribution in [0.3, 0.4) is 0 Å². The van der Waals surface area contributed by atoms with Gasteiger partial charge in [-0.3, -0.25) is 0 Å². The van der Waals surface area contributed by atoms with E-state index in [0.717, 1.165) is 16.9 Å². The van der Waals surface area contributed by atoms with Crippen LogP contribution in [0.1, 0.15) is 11.1 Å². The van der Waals surface area contributed by atoms with Crippen molar-refractivity contribution < 1.29 is 13.2 Å². The van der Waals surface area contributed by atoms with Crippen molar-refractivity contribution in [2.75, 3.05) is 13.6 Å². The smallest absolute Gasteiger partial charge is 0.240 e. The third kappa shape index (κ3) is 2.15. The minimum absolute atomic E-state index is 0.0451. The molecule has 0 spiro atoms. The van der Waals surface area contributed by atoms with Crippen LogP contribution >= 0.6 is 0 Å². The van der Waals surface area contributed by atoms with E-state index >= 15 is 0 Å². The molecule has 1 heterocycles. The lowest BCUT2D eigenvalue weighted by Crippen LogP contribution is -2.24. The molecule has 17 heavy (non-hydrogen) atoms. The number of hydrogen-bond acceptors (Lipinski definition) is 4. The first-order chi connectivity index (χ1) is 7.97. The van der Waals surface area contributed by atoms with Crippen molar-refractivity contribution >= 4 is 10.0 Å². The summed E-state index contributed by atoms with van der Waals surface area (Å²) in [5.41, 5.74) is 7.30. The summed E-state index contributed by atoms with van der Waals surface area (Å²) in [6.45, 7) is 2.27. The Kier molecular flexibility index (Phi) is 3.11. The molecular weight excluding hydrogens is 240 g/mol. The second kappa shape index (κ2) is 4.29. The standard InChI is InChI=1S/C11H16N2O3S/c1-7-3-10(17(14,15)13-2)5-8-4-9(6-12)16-11(7)8/h3,5,9,13H,4,6,12H2,1-2H3. The zero-order valence-corrected chi connectivity index (χ0v) is 10.7. The monoisotopic (exact) mass is 256 g/mol. The lowest BCUT2D eigenvalue weighted by Gasteiger charge is -2.09. The van der Waals surface area contributed by atoms with Gasteiger partial charge >= 0.3 is 0 Å². The molecule has 3 N–H and O–H groups in total. The van der Waals surface area contributed by atoms with E-state index < -0.39 is 10.0 Å². The van der Waals surface area contributed by atoms with E-state index in [4.69, 9.17) is 10.5 Å². The van der Waals surface area contributed by atoms with Gasteiger partial charge in [-0.05, 0) is 37.2 Å². The molecule has 6 heteroatoms. The molecule has 0 bridgehead atoms. The summed E-state index contributed by atoms with van der Waals surface area (Å²) in [4.78, 5) is 0.275. The molecule has 2 rings (SSSR count). The van der Waals surface area contributed by atoms with Crippen LogP contribution in [0.2, 0.25) is 0 Å². The van der Waals surface area contributed by atoms with Crippen LogP contribution in [0, 0.1) is 6.92 Å².